The molecule has 1 aliphatic heterocycles. The first-order valence-electron chi connectivity index (χ1n) is 7.25. The van der Waals surface area contributed by atoms with Gasteiger partial charge in [-0.05, 0) is 45.4 Å². The Labute approximate surface area is 126 Å². The molecule has 1 aliphatic rings. The van der Waals surface area contributed by atoms with Crippen LogP contribution in [0.2, 0.25) is 0 Å². The average molecular weight is 292 g/mol. The summed E-state index contributed by atoms with van der Waals surface area (Å²) in [5.41, 5.74) is 2.50. The molecule has 1 heterocycles. The molecule has 0 radical (unpaired) electrons. The quantitative estimate of drug-likeness (QED) is 0.866. The minimum atomic E-state index is 0.269. The van der Waals surface area contributed by atoms with Crippen molar-refractivity contribution in [3.8, 4) is 0 Å². The van der Waals surface area contributed by atoms with Gasteiger partial charge in [0.2, 0.25) is 5.91 Å². The molecule has 1 saturated heterocycles. The molecule has 1 fully saturated rings. The zero-order chi connectivity index (χ0) is 14.5. The summed E-state index contributed by atoms with van der Waals surface area (Å²) in [6, 6.07) is 6.98. The van der Waals surface area contributed by atoms with Crippen molar-refractivity contribution in [1.82, 2.24) is 10.2 Å². The summed E-state index contributed by atoms with van der Waals surface area (Å²) in [6.07, 6.45) is 2.13. The zero-order valence-electron chi connectivity index (χ0n) is 12.6. The number of nitrogens with zero attached hydrogens (tertiary/aromatic N) is 1. The number of nitrogens with one attached hydrogen (secondary N) is 1. The van der Waals surface area contributed by atoms with E-state index in [1.165, 1.54) is 16.0 Å². The lowest BCUT2D eigenvalue weighted by Gasteiger charge is -2.31. The lowest BCUT2D eigenvalue weighted by atomic mass is 10.1. The van der Waals surface area contributed by atoms with E-state index in [1.54, 1.807) is 11.8 Å². The van der Waals surface area contributed by atoms with Crippen LogP contribution in [0.3, 0.4) is 0 Å². The van der Waals surface area contributed by atoms with Crippen molar-refractivity contribution in [2.45, 2.75) is 37.6 Å². The molecule has 0 unspecified atom stereocenters. The number of thioether (sulfide) groups is 1. The smallest absolute Gasteiger partial charge is 0.232 e. The average Bonchev–Trinajstić information content (AvgIpc) is 2.48. The van der Waals surface area contributed by atoms with E-state index in [0.29, 0.717) is 11.8 Å². The Morgan fingerprint density at radius 1 is 1.35 bits per heavy atom. The number of aryl methyl sites for hydroxylation is 2. The van der Waals surface area contributed by atoms with Gasteiger partial charge in [0.1, 0.15) is 0 Å². The first-order valence-corrected chi connectivity index (χ1v) is 8.24. The molecule has 1 N–H and O–H groups in total. The van der Waals surface area contributed by atoms with Gasteiger partial charge in [0, 0.05) is 24.0 Å². The molecule has 0 aliphatic carbocycles. The topological polar surface area (TPSA) is 32.3 Å². The molecule has 1 amide bonds. The third kappa shape index (κ3) is 4.00. The normalized spacial score (nSPS) is 16.4. The third-order valence-electron chi connectivity index (χ3n) is 3.95. The summed E-state index contributed by atoms with van der Waals surface area (Å²) >= 11 is 1.66. The molecule has 1 aromatic carbocycles. The Morgan fingerprint density at radius 3 is 2.70 bits per heavy atom. The zero-order valence-corrected chi connectivity index (χ0v) is 13.4. The molecule has 0 atom stereocenters. The molecule has 0 bridgehead atoms. The van der Waals surface area contributed by atoms with Crippen molar-refractivity contribution in [2.75, 3.05) is 25.9 Å². The largest absolute Gasteiger partial charge is 0.342 e. The van der Waals surface area contributed by atoms with Gasteiger partial charge in [0.05, 0.1) is 5.75 Å². The van der Waals surface area contributed by atoms with Crippen LogP contribution in [-0.2, 0) is 4.79 Å². The second-order valence-corrected chi connectivity index (χ2v) is 6.52. The summed E-state index contributed by atoms with van der Waals surface area (Å²) in [5, 5.41) is 3.29. The fourth-order valence-electron chi connectivity index (χ4n) is 2.51. The van der Waals surface area contributed by atoms with Crippen molar-refractivity contribution < 1.29 is 4.79 Å². The van der Waals surface area contributed by atoms with Gasteiger partial charge in [-0.2, -0.15) is 0 Å². The molecule has 20 heavy (non-hydrogen) atoms. The molecule has 3 nitrogen and oxygen atoms in total. The predicted octanol–water partition coefficient (Wildman–Crippen LogP) is 2.61. The van der Waals surface area contributed by atoms with Crippen LogP contribution in [0.15, 0.2) is 23.1 Å². The summed E-state index contributed by atoms with van der Waals surface area (Å²) in [7, 11) is 2.00. The predicted molar refractivity (Wildman–Crippen MR) is 85.3 cm³/mol. The van der Waals surface area contributed by atoms with Crippen molar-refractivity contribution >= 4 is 17.7 Å². The van der Waals surface area contributed by atoms with Crippen LogP contribution >= 0.6 is 11.8 Å². The van der Waals surface area contributed by atoms with Gasteiger partial charge < -0.3 is 10.2 Å². The molecular weight excluding hydrogens is 268 g/mol. The van der Waals surface area contributed by atoms with Crippen LogP contribution in [0.25, 0.3) is 0 Å². The Bertz CT molecular complexity index is 468. The Kier molecular flexibility index (Phi) is 5.49. The van der Waals surface area contributed by atoms with Crippen LogP contribution < -0.4 is 5.32 Å². The van der Waals surface area contributed by atoms with Gasteiger partial charge in [0.25, 0.3) is 0 Å². The summed E-state index contributed by atoms with van der Waals surface area (Å²) in [6.45, 7) is 5.97. The van der Waals surface area contributed by atoms with E-state index >= 15 is 0 Å². The van der Waals surface area contributed by atoms with Crippen molar-refractivity contribution in [1.29, 1.82) is 0 Å². The lowest BCUT2D eigenvalue weighted by molar-refractivity contribution is -0.129. The van der Waals surface area contributed by atoms with Gasteiger partial charge in [-0.15, -0.1) is 11.8 Å². The number of benzene rings is 1. The van der Waals surface area contributed by atoms with E-state index < -0.39 is 0 Å². The number of piperidine rings is 1. The fourth-order valence-corrected chi connectivity index (χ4v) is 3.54. The third-order valence-corrected chi connectivity index (χ3v) is 5.09. The SMILES string of the molecule is CNC1CCN(C(=O)CSc2cc(C)ccc2C)CC1. The minimum absolute atomic E-state index is 0.269. The second kappa shape index (κ2) is 7.14. The highest BCUT2D eigenvalue weighted by Gasteiger charge is 2.21. The van der Waals surface area contributed by atoms with Gasteiger partial charge in [-0.25, -0.2) is 0 Å². The number of carbonyl (C=O) groups is 1. The lowest BCUT2D eigenvalue weighted by Crippen LogP contribution is -2.44. The van der Waals surface area contributed by atoms with E-state index in [1.807, 2.05) is 11.9 Å². The second-order valence-electron chi connectivity index (χ2n) is 5.50. The van der Waals surface area contributed by atoms with E-state index in [-0.39, 0.29) is 5.91 Å². The highest BCUT2D eigenvalue weighted by molar-refractivity contribution is 8.00. The number of hydrogen-bond donors (Lipinski definition) is 1. The molecule has 110 valence electrons. The number of rotatable bonds is 4. The van der Waals surface area contributed by atoms with Crippen molar-refractivity contribution in [3.05, 3.63) is 29.3 Å². The summed E-state index contributed by atoms with van der Waals surface area (Å²) in [4.78, 5) is 15.5. The molecule has 0 spiro atoms. The first kappa shape index (κ1) is 15.4. The van der Waals surface area contributed by atoms with Gasteiger partial charge >= 0.3 is 0 Å². The highest BCUT2D eigenvalue weighted by Crippen LogP contribution is 2.24. The van der Waals surface area contributed by atoms with Crippen LogP contribution in [-0.4, -0.2) is 42.7 Å². The number of likely N-dealkylation sites (tertiary alicyclic amines) is 1. The molecule has 4 heteroatoms. The maximum absolute atomic E-state index is 12.2. The summed E-state index contributed by atoms with van der Waals surface area (Å²) in [5.74, 6) is 0.819. The Balaban J connectivity index is 1.85. The maximum Gasteiger partial charge on any atom is 0.232 e. The van der Waals surface area contributed by atoms with Gasteiger partial charge in [0.15, 0.2) is 0 Å². The number of amides is 1. The number of carbonyl (C=O) groups excluding carboxylic acids is 1. The first-order chi connectivity index (χ1) is 9.60. The van der Waals surface area contributed by atoms with Crippen molar-refractivity contribution in [3.63, 3.8) is 0 Å². The van der Waals surface area contributed by atoms with Crippen LogP contribution in [0.4, 0.5) is 0 Å². The van der Waals surface area contributed by atoms with E-state index in [9.17, 15) is 4.79 Å². The summed E-state index contributed by atoms with van der Waals surface area (Å²) < 4.78 is 0. The molecular formula is C16H24N2OS. The molecule has 0 saturated carbocycles. The monoisotopic (exact) mass is 292 g/mol. The Hall–Kier alpha value is -1.00. The van der Waals surface area contributed by atoms with E-state index in [2.05, 4.69) is 37.4 Å². The highest BCUT2D eigenvalue weighted by atomic mass is 32.2. The van der Waals surface area contributed by atoms with Gasteiger partial charge in [-0.3, -0.25) is 4.79 Å². The standard InChI is InChI=1S/C16H24N2OS/c1-12-4-5-13(2)15(10-12)20-11-16(19)18-8-6-14(17-3)7-9-18/h4-5,10,14,17H,6-9,11H2,1-3H3. The number of hydrogen-bond acceptors (Lipinski definition) is 3. The molecule has 2 rings (SSSR count). The van der Waals surface area contributed by atoms with Crippen LogP contribution in [0.5, 0.6) is 0 Å². The van der Waals surface area contributed by atoms with E-state index in [4.69, 9.17) is 0 Å². The fraction of sp³-hybridized carbons (Fsp3) is 0.562. The van der Waals surface area contributed by atoms with Crippen LogP contribution in [0.1, 0.15) is 24.0 Å². The Morgan fingerprint density at radius 2 is 2.05 bits per heavy atom. The molecule has 0 aromatic heterocycles. The minimum Gasteiger partial charge on any atom is -0.342 e. The van der Waals surface area contributed by atoms with E-state index in [0.717, 1.165) is 25.9 Å². The van der Waals surface area contributed by atoms with Gasteiger partial charge in [-0.1, -0.05) is 17.7 Å². The van der Waals surface area contributed by atoms with Crippen molar-refractivity contribution in [2.24, 2.45) is 0 Å². The maximum atomic E-state index is 12.2. The molecule has 1 aromatic rings. The van der Waals surface area contributed by atoms with Crippen LogP contribution in [0, 0.1) is 13.8 Å².